The average Bonchev–Trinajstić information content (AvgIpc) is 2.76. The van der Waals surface area contributed by atoms with Gasteiger partial charge in [0.15, 0.2) is 0 Å². The lowest BCUT2D eigenvalue weighted by molar-refractivity contribution is -0.121. The monoisotopic (exact) mass is 411 g/mol. The third kappa shape index (κ3) is 7.95. The van der Waals surface area contributed by atoms with Gasteiger partial charge in [-0.05, 0) is 54.8 Å². The number of rotatable bonds is 11. The van der Waals surface area contributed by atoms with Crippen LogP contribution < -0.4 is 20.7 Å². The van der Waals surface area contributed by atoms with Crippen LogP contribution in [0.2, 0.25) is 0 Å². The van der Waals surface area contributed by atoms with Gasteiger partial charge in [-0.3, -0.25) is 14.4 Å². The lowest BCUT2D eigenvalue weighted by Gasteiger charge is -2.09. The van der Waals surface area contributed by atoms with Crippen LogP contribution in [0.1, 0.15) is 42.1 Å². The molecule has 0 bridgehead atoms. The number of carbonyl (C=O) groups is 3. The molecule has 0 aliphatic heterocycles. The van der Waals surface area contributed by atoms with Gasteiger partial charge in [-0.1, -0.05) is 19.1 Å². The second-order valence-electron chi connectivity index (χ2n) is 6.83. The first-order valence-corrected chi connectivity index (χ1v) is 10.1. The Morgan fingerprint density at radius 1 is 0.833 bits per heavy atom. The van der Waals surface area contributed by atoms with Crippen molar-refractivity contribution in [2.75, 3.05) is 25.5 Å². The zero-order valence-electron chi connectivity index (χ0n) is 17.5. The molecule has 2 aromatic carbocycles. The van der Waals surface area contributed by atoms with Crippen LogP contribution in [-0.4, -0.2) is 37.9 Å². The number of hydrogen-bond donors (Lipinski definition) is 3. The Morgan fingerprint density at radius 2 is 1.50 bits per heavy atom. The van der Waals surface area contributed by atoms with Crippen molar-refractivity contribution < 1.29 is 19.1 Å². The summed E-state index contributed by atoms with van der Waals surface area (Å²) >= 11 is 0. The fourth-order valence-electron chi connectivity index (χ4n) is 2.77. The maximum atomic E-state index is 12.2. The summed E-state index contributed by atoms with van der Waals surface area (Å²) in [6.45, 7) is 2.64. The summed E-state index contributed by atoms with van der Waals surface area (Å²) in [4.78, 5) is 35.7. The van der Waals surface area contributed by atoms with Crippen molar-refractivity contribution in [2.24, 2.45) is 0 Å². The van der Waals surface area contributed by atoms with Crippen LogP contribution in [0.15, 0.2) is 48.5 Å². The minimum atomic E-state index is -0.228. The minimum Gasteiger partial charge on any atom is -0.497 e. The molecule has 0 atom stereocenters. The number of carbonyl (C=O) groups excluding carboxylic acids is 3. The van der Waals surface area contributed by atoms with Crippen LogP contribution in [0, 0.1) is 0 Å². The van der Waals surface area contributed by atoms with Crippen molar-refractivity contribution >= 4 is 23.4 Å². The number of anilines is 1. The van der Waals surface area contributed by atoms with E-state index in [-0.39, 0.29) is 17.7 Å². The first-order valence-electron chi connectivity index (χ1n) is 10.1. The van der Waals surface area contributed by atoms with Crippen LogP contribution in [-0.2, 0) is 16.0 Å². The molecule has 3 amide bonds. The smallest absolute Gasteiger partial charge is 0.251 e. The number of nitrogens with one attached hydrogen (secondary N) is 3. The molecule has 2 aromatic rings. The fourth-order valence-corrected chi connectivity index (χ4v) is 2.77. The van der Waals surface area contributed by atoms with Crippen molar-refractivity contribution in [1.82, 2.24) is 10.6 Å². The number of benzene rings is 2. The molecule has 0 saturated carbocycles. The number of aryl methyl sites for hydroxylation is 1. The Bertz CT molecular complexity index is 833. The van der Waals surface area contributed by atoms with E-state index in [4.69, 9.17) is 4.74 Å². The molecule has 0 heterocycles. The third-order valence-electron chi connectivity index (χ3n) is 4.44. The van der Waals surface area contributed by atoms with Gasteiger partial charge in [0.05, 0.1) is 7.11 Å². The molecule has 0 spiro atoms. The SMILES string of the molecule is CCCC(=O)Nc1ccc(C(=O)NCCNC(=O)CCc2ccc(OC)cc2)cc1. The Hall–Kier alpha value is -3.35. The van der Waals surface area contributed by atoms with Gasteiger partial charge in [0, 0.05) is 37.2 Å². The summed E-state index contributed by atoms with van der Waals surface area (Å²) < 4.78 is 5.11. The van der Waals surface area contributed by atoms with E-state index in [0.29, 0.717) is 43.6 Å². The summed E-state index contributed by atoms with van der Waals surface area (Å²) in [5.74, 6) is 0.452. The van der Waals surface area contributed by atoms with Crippen LogP contribution in [0.5, 0.6) is 5.75 Å². The summed E-state index contributed by atoms with van der Waals surface area (Å²) in [6.07, 6.45) is 2.27. The van der Waals surface area contributed by atoms with Crippen molar-refractivity contribution in [3.63, 3.8) is 0 Å². The number of methoxy groups -OCH3 is 1. The van der Waals surface area contributed by atoms with E-state index in [1.807, 2.05) is 31.2 Å². The minimum absolute atomic E-state index is 0.0440. The summed E-state index contributed by atoms with van der Waals surface area (Å²) in [6, 6.07) is 14.3. The van der Waals surface area contributed by atoms with E-state index >= 15 is 0 Å². The molecule has 7 heteroatoms. The van der Waals surface area contributed by atoms with Crippen molar-refractivity contribution in [1.29, 1.82) is 0 Å². The largest absolute Gasteiger partial charge is 0.497 e. The average molecular weight is 412 g/mol. The van der Waals surface area contributed by atoms with Gasteiger partial charge in [-0.2, -0.15) is 0 Å². The van der Waals surface area contributed by atoms with Gasteiger partial charge < -0.3 is 20.7 Å². The first kappa shape index (κ1) is 22.9. The van der Waals surface area contributed by atoms with Crippen molar-refractivity contribution in [3.8, 4) is 5.75 Å². The highest BCUT2D eigenvalue weighted by Gasteiger charge is 2.07. The summed E-state index contributed by atoms with van der Waals surface area (Å²) in [5.41, 5.74) is 2.22. The van der Waals surface area contributed by atoms with Crippen molar-refractivity contribution in [2.45, 2.75) is 32.6 Å². The molecule has 3 N–H and O–H groups in total. The lowest BCUT2D eigenvalue weighted by atomic mass is 10.1. The molecule has 0 aliphatic rings. The van der Waals surface area contributed by atoms with Gasteiger partial charge in [-0.15, -0.1) is 0 Å². The highest BCUT2D eigenvalue weighted by atomic mass is 16.5. The van der Waals surface area contributed by atoms with Gasteiger partial charge in [0.25, 0.3) is 5.91 Å². The summed E-state index contributed by atoms with van der Waals surface area (Å²) in [5, 5.41) is 8.34. The Morgan fingerprint density at radius 3 is 2.13 bits per heavy atom. The van der Waals surface area contributed by atoms with Crippen LogP contribution in [0.4, 0.5) is 5.69 Å². The fraction of sp³-hybridized carbons (Fsp3) is 0.348. The quantitative estimate of drug-likeness (QED) is 0.495. The molecule has 7 nitrogen and oxygen atoms in total. The first-order chi connectivity index (χ1) is 14.5. The molecule has 0 aliphatic carbocycles. The van der Waals surface area contributed by atoms with Gasteiger partial charge >= 0.3 is 0 Å². The molecule has 0 aromatic heterocycles. The van der Waals surface area contributed by atoms with Crippen LogP contribution in [0.3, 0.4) is 0 Å². The van der Waals surface area contributed by atoms with Gasteiger partial charge in [0.2, 0.25) is 11.8 Å². The molecule has 0 fully saturated rings. The van der Waals surface area contributed by atoms with E-state index in [9.17, 15) is 14.4 Å². The summed E-state index contributed by atoms with van der Waals surface area (Å²) in [7, 11) is 1.62. The molecule has 0 saturated heterocycles. The Balaban J connectivity index is 1.65. The number of ether oxygens (including phenoxy) is 1. The number of amides is 3. The maximum Gasteiger partial charge on any atom is 0.251 e. The topological polar surface area (TPSA) is 96.5 Å². The standard InChI is InChI=1S/C23H29N3O4/c1-3-4-22(28)26-19-10-8-18(9-11-19)23(29)25-16-15-24-21(27)14-7-17-5-12-20(30-2)13-6-17/h5-6,8-13H,3-4,7,14-16H2,1-2H3,(H,24,27)(H,25,29)(H,26,28). The number of hydrogen-bond acceptors (Lipinski definition) is 4. The molecular formula is C23H29N3O4. The zero-order chi connectivity index (χ0) is 21.8. The molecular weight excluding hydrogens is 382 g/mol. The third-order valence-corrected chi connectivity index (χ3v) is 4.44. The van der Waals surface area contributed by atoms with E-state index < -0.39 is 0 Å². The molecule has 0 radical (unpaired) electrons. The van der Waals surface area contributed by atoms with Crippen LogP contribution in [0.25, 0.3) is 0 Å². The Kier molecular flexibility index (Phi) is 9.37. The van der Waals surface area contributed by atoms with Crippen molar-refractivity contribution in [3.05, 3.63) is 59.7 Å². The highest BCUT2D eigenvalue weighted by molar-refractivity contribution is 5.95. The normalized spacial score (nSPS) is 10.2. The molecule has 0 unspecified atom stereocenters. The van der Waals surface area contributed by atoms with Crippen LogP contribution >= 0.6 is 0 Å². The second kappa shape index (κ2) is 12.3. The highest BCUT2D eigenvalue weighted by Crippen LogP contribution is 2.12. The van der Waals surface area contributed by atoms with E-state index in [0.717, 1.165) is 17.7 Å². The van der Waals surface area contributed by atoms with Gasteiger partial charge in [-0.25, -0.2) is 0 Å². The Labute approximate surface area is 177 Å². The molecule has 30 heavy (non-hydrogen) atoms. The molecule has 2 rings (SSSR count). The maximum absolute atomic E-state index is 12.2. The predicted molar refractivity (Wildman–Crippen MR) is 117 cm³/mol. The lowest BCUT2D eigenvalue weighted by Crippen LogP contribution is -2.34. The van der Waals surface area contributed by atoms with E-state index in [1.165, 1.54) is 0 Å². The zero-order valence-corrected chi connectivity index (χ0v) is 17.5. The van der Waals surface area contributed by atoms with E-state index in [2.05, 4.69) is 16.0 Å². The van der Waals surface area contributed by atoms with E-state index in [1.54, 1.807) is 31.4 Å². The second-order valence-corrected chi connectivity index (χ2v) is 6.83. The molecule has 160 valence electrons. The predicted octanol–water partition coefficient (Wildman–Crippen LogP) is 2.91. The van der Waals surface area contributed by atoms with Gasteiger partial charge in [0.1, 0.15) is 5.75 Å².